The van der Waals surface area contributed by atoms with Crippen molar-refractivity contribution in [3.63, 3.8) is 0 Å². The van der Waals surface area contributed by atoms with Crippen molar-refractivity contribution in [2.75, 3.05) is 0 Å². The normalized spacial score (nSPS) is 10.8. The molecule has 3 aromatic carbocycles. The molecule has 6 nitrogen and oxygen atoms in total. The van der Waals surface area contributed by atoms with Gasteiger partial charge in [0.25, 0.3) is 5.52 Å². The first-order chi connectivity index (χ1) is 12.8. The Hall–Kier alpha value is -3.54. The van der Waals surface area contributed by atoms with Crippen LogP contribution in [0.15, 0.2) is 77.4 Å². The fourth-order valence-corrected chi connectivity index (χ4v) is 2.58. The van der Waals surface area contributed by atoms with Crippen molar-refractivity contribution in [3.05, 3.63) is 89.1 Å². The van der Waals surface area contributed by atoms with Crippen molar-refractivity contribution in [1.82, 2.24) is 5.16 Å². The molecule has 1 heterocycles. The largest absolute Gasteiger partial charge is 0.485 e. The van der Waals surface area contributed by atoms with Gasteiger partial charge in [-0.05, 0) is 16.0 Å². The molecule has 0 radical (unpaired) electrons. The zero-order valence-electron chi connectivity index (χ0n) is 13.9. The van der Waals surface area contributed by atoms with Gasteiger partial charge in [-0.15, -0.1) is 0 Å². The monoisotopic (exact) mass is 348 g/mol. The summed E-state index contributed by atoms with van der Waals surface area (Å²) in [7, 11) is 0. The molecule has 26 heavy (non-hydrogen) atoms. The molecule has 0 fully saturated rings. The highest BCUT2D eigenvalue weighted by Crippen LogP contribution is 2.32. The van der Waals surface area contributed by atoms with Gasteiger partial charge in [-0.3, -0.25) is 4.63 Å². The van der Waals surface area contributed by atoms with Crippen molar-refractivity contribution in [1.29, 1.82) is 0 Å². The molecule has 1 aromatic heterocycles. The van der Waals surface area contributed by atoms with Crippen LogP contribution in [0.2, 0.25) is 0 Å². The Bertz CT molecular complexity index is 1000. The van der Waals surface area contributed by atoms with Crippen LogP contribution < -0.4 is 14.4 Å². The minimum atomic E-state index is 0.292. The summed E-state index contributed by atoms with van der Waals surface area (Å²) in [6, 6.07) is 22.8. The highest BCUT2D eigenvalue weighted by molar-refractivity contribution is 5.75. The number of hydrogen-bond acceptors (Lipinski definition) is 5. The molecule has 0 bridgehead atoms. The molecule has 0 spiro atoms. The molecule has 130 valence electrons. The third-order valence-corrected chi connectivity index (χ3v) is 3.93. The molecule has 4 aromatic rings. The SMILES string of the molecule is [O-][n+]1onc2cc(OCc3ccccc3)c(OCc3ccccc3)cc21. The standard InChI is InChI=1S/C20H16N2O4/c23-22-18-12-20(25-14-16-9-5-2-6-10-16)19(11-17(18)21-26-22)24-13-15-7-3-1-4-8-15/h1-12H,13-14H2. The quantitative estimate of drug-likeness (QED) is 0.498. The smallest absolute Gasteiger partial charge is 0.252 e. The van der Waals surface area contributed by atoms with Gasteiger partial charge >= 0.3 is 0 Å². The number of ether oxygens (including phenoxy) is 2. The van der Waals surface area contributed by atoms with E-state index in [1.165, 1.54) is 0 Å². The molecule has 0 atom stereocenters. The van der Waals surface area contributed by atoms with Crippen molar-refractivity contribution in [2.24, 2.45) is 0 Å². The predicted molar refractivity (Wildman–Crippen MR) is 94.5 cm³/mol. The van der Waals surface area contributed by atoms with Gasteiger partial charge in [-0.2, -0.15) is 0 Å². The molecule has 0 amide bonds. The van der Waals surface area contributed by atoms with Crippen LogP contribution in [0.3, 0.4) is 0 Å². The first kappa shape index (κ1) is 16.0. The van der Waals surface area contributed by atoms with Gasteiger partial charge in [-0.1, -0.05) is 60.7 Å². The molecule has 4 rings (SSSR count). The Kier molecular flexibility index (Phi) is 4.38. The number of fused-ring (bicyclic) bond motifs is 1. The summed E-state index contributed by atoms with van der Waals surface area (Å²) < 4.78 is 16.5. The highest BCUT2D eigenvalue weighted by Gasteiger charge is 2.17. The predicted octanol–water partition coefficient (Wildman–Crippen LogP) is 3.62. The number of nitrogens with zero attached hydrogens (tertiary/aromatic N) is 2. The minimum absolute atomic E-state index is 0.292. The van der Waals surface area contributed by atoms with Crippen LogP contribution in [0.1, 0.15) is 11.1 Å². The van der Waals surface area contributed by atoms with E-state index in [4.69, 9.17) is 9.47 Å². The molecule has 6 heteroatoms. The third kappa shape index (κ3) is 3.44. The van der Waals surface area contributed by atoms with Gasteiger partial charge < -0.3 is 14.7 Å². The molecule has 0 aliphatic rings. The van der Waals surface area contributed by atoms with Gasteiger partial charge in [-0.25, -0.2) is 0 Å². The van der Waals surface area contributed by atoms with E-state index in [1.807, 2.05) is 60.7 Å². The minimum Gasteiger partial charge on any atom is -0.485 e. The lowest BCUT2D eigenvalue weighted by Crippen LogP contribution is -2.22. The number of benzene rings is 3. The van der Waals surface area contributed by atoms with Gasteiger partial charge in [0.15, 0.2) is 11.5 Å². The van der Waals surface area contributed by atoms with E-state index in [1.54, 1.807) is 12.1 Å². The van der Waals surface area contributed by atoms with Gasteiger partial charge in [0.1, 0.15) is 13.2 Å². The summed E-state index contributed by atoms with van der Waals surface area (Å²) in [5, 5.41) is 15.4. The van der Waals surface area contributed by atoms with Gasteiger partial charge in [0.2, 0.25) is 5.52 Å². The summed E-state index contributed by atoms with van der Waals surface area (Å²) in [6.07, 6.45) is 0. The zero-order chi connectivity index (χ0) is 17.8. The van der Waals surface area contributed by atoms with Crippen molar-refractivity contribution >= 4 is 11.0 Å². The van der Waals surface area contributed by atoms with Crippen LogP contribution in [0, 0.1) is 5.21 Å². The maximum atomic E-state index is 11.7. The Morgan fingerprint density at radius 2 is 1.35 bits per heavy atom. The number of rotatable bonds is 6. The van der Waals surface area contributed by atoms with E-state index >= 15 is 0 Å². The number of aromatic nitrogens is 2. The highest BCUT2D eigenvalue weighted by atomic mass is 16.8. The molecule has 0 aliphatic carbocycles. The van der Waals surface area contributed by atoms with E-state index < -0.39 is 0 Å². The average Bonchev–Trinajstić information content (AvgIpc) is 3.06. The average molecular weight is 348 g/mol. The topological polar surface area (TPSA) is 71.4 Å². The first-order valence-corrected chi connectivity index (χ1v) is 8.16. The molecule has 0 saturated carbocycles. The third-order valence-electron chi connectivity index (χ3n) is 3.93. The summed E-state index contributed by atoms with van der Waals surface area (Å²) >= 11 is 0. The Labute approximate surface area is 149 Å². The van der Waals surface area contributed by atoms with Crippen molar-refractivity contribution in [2.45, 2.75) is 13.2 Å². The molecule has 0 saturated heterocycles. The van der Waals surface area contributed by atoms with Crippen LogP contribution in [-0.2, 0) is 13.2 Å². The van der Waals surface area contributed by atoms with Crippen molar-refractivity contribution < 1.29 is 19.0 Å². The maximum Gasteiger partial charge on any atom is 0.252 e. The fourth-order valence-electron chi connectivity index (χ4n) is 2.58. The molecule has 0 aliphatic heterocycles. The van der Waals surface area contributed by atoms with Crippen LogP contribution in [0.25, 0.3) is 11.0 Å². The Balaban J connectivity index is 1.60. The van der Waals surface area contributed by atoms with Gasteiger partial charge in [0.05, 0.1) is 0 Å². The Morgan fingerprint density at radius 3 is 1.92 bits per heavy atom. The Morgan fingerprint density at radius 1 is 0.808 bits per heavy atom. The van der Waals surface area contributed by atoms with E-state index in [0.29, 0.717) is 40.6 Å². The van der Waals surface area contributed by atoms with E-state index in [-0.39, 0.29) is 0 Å². The summed E-state index contributed by atoms with van der Waals surface area (Å²) in [5.74, 6) is 0.969. The molecule has 0 N–H and O–H groups in total. The van der Waals surface area contributed by atoms with Crippen molar-refractivity contribution in [3.8, 4) is 11.5 Å². The second-order valence-electron chi connectivity index (χ2n) is 5.77. The summed E-state index contributed by atoms with van der Waals surface area (Å²) in [4.78, 5) is 0.353. The van der Waals surface area contributed by atoms with Crippen LogP contribution in [0.4, 0.5) is 0 Å². The summed E-state index contributed by atoms with van der Waals surface area (Å²) in [6.45, 7) is 0.738. The summed E-state index contributed by atoms with van der Waals surface area (Å²) in [5.41, 5.74) is 2.75. The van der Waals surface area contributed by atoms with Crippen LogP contribution in [0.5, 0.6) is 11.5 Å². The van der Waals surface area contributed by atoms with Gasteiger partial charge in [0, 0.05) is 17.3 Å². The second kappa shape index (κ2) is 7.14. The fraction of sp³-hybridized carbons (Fsp3) is 0.100. The maximum absolute atomic E-state index is 11.7. The number of hydrogen-bond donors (Lipinski definition) is 0. The van der Waals surface area contributed by atoms with E-state index in [9.17, 15) is 5.21 Å². The lowest BCUT2D eigenvalue weighted by molar-refractivity contribution is -0.782. The lowest BCUT2D eigenvalue weighted by atomic mass is 10.2. The van der Waals surface area contributed by atoms with Crippen LogP contribution in [-0.4, -0.2) is 5.16 Å². The lowest BCUT2D eigenvalue weighted by Gasteiger charge is -2.12. The molecule has 0 unspecified atom stereocenters. The van der Waals surface area contributed by atoms with Crippen LogP contribution >= 0.6 is 0 Å². The van der Waals surface area contributed by atoms with E-state index in [0.717, 1.165) is 11.1 Å². The zero-order valence-corrected chi connectivity index (χ0v) is 13.9. The second-order valence-corrected chi connectivity index (χ2v) is 5.77. The van der Waals surface area contributed by atoms with E-state index in [2.05, 4.69) is 9.79 Å². The molecular formula is C20H16N2O4. The molecular weight excluding hydrogens is 332 g/mol. The first-order valence-electron chi connectivity index (χ1n) is 8.16.